The summed E-state index contributed by atoms with van der Waals surface area (Å²) in [7, 11) is 0. The molecule has 0 heterocycles. The molecule has 0 saturated heterocycles. The molecule has 1 heteroatoms. The number of nitrogens with zero attached hydrogens (tertiary/aromatic N) is 1. The number of anilines is 3. The Balaban J connectivity index is 1.36. The third kappa shape index (κ3) is 4.24. The molecule has 0 fully saturated rings. The fourth-order valence-electron chi connectivity index (χ4n) is 6.71. The Hall–Kier alpha value is -5.92. The molecule has 0 aliphatic heterocycles. The van der Waals surface area contributed by atoms with E-state index in [9.17, 15) is 5.48 Å². The molecule has 0 bridgehead atoms. The molecule has 0 spiro atoms. The van der Waals surface area contributed by atoms with Crippen LogP contribution < -0.4 is 4.90 Å². The van der Waals surface area contributed by atoms with Crippen LogP contribution in [0.15, 0.2) is 176 Å². The van der Waals surface area contributed by atoms with Gasteiger partial charge in [0.25, 0.3) is 0 Å². The number of fused-ring (bicyclic) bond motifs is 7. The molecule has 0 N–H and O–H groups in total. The minimum absolute atomic E-state index is 0.0779. The average molecular weight is 576 g/mol. The Morgan fingerprint density at radius 2 is 0.867 bits per heavy atom. The van der Waals surface area contributed by atoms with Crippen molar-refractivity contribution in [2.24, 2.45) is 0 Å². The second kappa shape index (κ2) is 10.4. The second-order valence-electron chi connectivity index (χ2n) is 11.4. The molecule has 9 aromatic rings. The van der Waals surface area contributed by atoms with Crippen LogP contribution in [0.1, 0.15) is 5.48 Å². The highest BCUT2D eigenvalue weighted by Gasteiger charge is 2.19. The SMILES string of the molecule is [2H]c1c([2H])c(N(c2cccc3ccccc23)c2cc3ccccc3c3ccccc23)c([2H])c([2H])c1-c1ccc2ccc3ccccc3c2c1. The smallest absolute Gasteiger partial charge is 0.0645 e. The van der Waals surface area contributed by atoms with E-state index in [-0.39, 0.29) is 35.4 Å². The van der Waals surface area contributed by atoms with Gasteiger partial charge in [-0.05, 0) is 84.5 Å². The van der Waals surface area contributed by atoms with Crippen LogP contribution in [0.5, 0.6) is 0 Å². The number of rotatable bonds is 4. The highest BCUT2D eigenvalue weighted by Crippen LogP contribution is 2.44. The topological polar surface area (TPSA) is 3.24 Å². The lowest BCUT2D eigenvalue weighted by Gasteiger charge is -2.29. The normalized spacial score (nSPS) is 12.8. The van der Waals surface area contributed by atoms with Crippen LogP contribution >= 0.6 is 0 Å². The van der Waals surface area contributed by atoms with Crippen LogP contribution in [0.25, 0.3) is 65.0 Å². The fraction of sp³-hybridized carbons (Fsp3) is 0. The monoisotopic (exact) mass is 575 g/mol. The second-order valence-corrected chi connectivity index (χ2v) is 11.4. The summed E-state index contributed by atoms with van der Waals surface area (Å²) in [4.78, 5) is 1.94. The predicted octanol–water partition coefficient (Wildman–Crippen LogP) is 12.6. The van der Waals surface area contributed by atoms with E-state index < -0.39 is 0 Å². The molecule has 0 aromatic heterocycles. The zero-order chi connectivity index (χ0) is 33.2. The van der Waals surface area contributed by atoms with Gasteiger partial charge in [-0.1, -0.05) is 146 Å². The van der Waals surface area contributed by atoms with Crippen LogP contribution in [0.3, 0.4) is 0 Å². The maximum atomic E-state index is 9.59. The molecule has 0 aliphatic carbocycles. The minimum Gasteiger partial charge on any atom is -0.309 e. The summed E-state index contributed by atoms with van der Waals surface area (Å²) >= 11 is 0. The van der Waals surface area contributed by atoms with E-state index >= 15 is 0 Å². The van der Waals surface area contributed by atoms with Gasteiger partial charge in [-0.3, -0.25) is 0 Å². The van der Waals surface area contributed by atoms with Crippen molar-refractivity contribution in [1.29, 1.82) is 0 Å². The number of benzene rings is 9. The van der Waals surface area contributed by atoms with E-state index in [4.69, 9.17) is 0 Å². The Labute approximate surface area is 267 Å². The van der Waals surface area contributed by atoms with Gasteiger partial charge in [0, 0.05) is 16.5 Å². The molecule has 9 rings (SSSR count). The molecule has 0 unspecified atom stereocenters. The third-order valence-electron chi connectivity index (χ3n) is 8.87. The molecule has 9 aromatic carbocycles. The molecule has 0 amide bonds. The Morgan fingerprint density at radius 1 is 0.333 bits per heavy atom. The quantitative estimate of drug-likeness (QED) is 0.189. The first-order valence-corrected chi connectivity index (χ1v) is 15.2. The number of hydrogen-bond acceptors (Lipinski definition) is 1. The van der Waals surface area contributed by atoms with Gasteiger partial charge in [0.1, 0.15) is 0 Å². The first-order valence-electron chi connectivity index (χ1n) is 17.2. The van der Waals surface area contributed by atoms with Crippen molar-refractivity contribution < 1.29 is 5.48 Å². The molecule has 0 aliphatic rings. The van der Waals surface area contributed by atoms with Crippen LogP contribution in [0.2, 0.25) is 0 Å². The lowest BCUT2D eigenvalue weighted by atomic mass is 9.96. The Morgan fingerprint density at radius 3 is 1.62 bits per heavy atom. The van der Waals surface area contributed by atoms with Gasteiger partial charge < -0.3 is 4.90 Å². The van der Waals surface area contributed by atoms with Crippen LogP contribution in [-0.2, 0) is 0 Å². The molecule has 0 saturated carbocycles. The van der Waals surface area contributed by atoms with Crippen molar-refractivity contribution >= 4 is 70.9 Å². The van der Waals surface area contributed by atoms with Gasteiger partial charge in [0.2, 0.25) is 0 Å². The van der Waals surface area contributed by atoms with Gasteiger partial charge >= 0.3 is 0 Å². The van der Waals surface area contributed by atoms with E-state index in [2.05, 4.69) is 66.7 Å². The molecule has 45 heavy (non-hydrogen) atoms. The highest BCUT2D eigenvalue weighted by molar-refractivity contribution is 6.15. The summed E-state index contributed by atoms with van der Waals surface area (Å²) < 4.78 is 38.1. The molecule has 1 nitrogen and oxygen atoms in total. The maximum Gasteiger partial charge on any atom is 0.0645 e. The largest absolute Gasteiger partial charge is 0.309 e. The van der Waals surface area contributed by atoms with Crippen LogP contribution in [0.4, 0.5) is 17.1 Å². The zero-order valence-electron chi connectivity index (χ0n) is 28.4. The van der Waals surface area contributed by atoms with E-state index in [1.807, 2.05) is 89.8 Å². The van der Waals surface area contributed by atoms with Crippen molar-refractivity contribution in [2.45, 2.75) is 0 Å². The summed E-state index contributed by atoms with van der Waals surface area (Å²) in [5, 5.41) is 10.4. The standard InChI is InChI=1S/C44H29N/c1-4-14-37-32(11-1)20-21-33-22-23-34(28-42(33)37)30-24-26-36(27-25-30)45(43-19-9-13-31-10-2-6-16-39(31)43)44-29-35-12-3-5-15-38(35)40-17-7-8-18-41(40)44/h1-29H/i24D,25D,26D,27D. The molecular formula is C44H29N. The van der Waals surface area contributed by atoms with Crippen molar-refractivity contribution in [3.05, 3.63) is 176 Å². The van der Waals surface area contributed by atoms with E-state index in [0.29, 0.717) is 5.56 Å². The van der Waals surface area contributed by atoms with Gasteiger partial charge in [0.15, 0.2) is 0 Å². The minimum atomic E-state index is -0.0980. The molecule has 0 radical (unpaired) electrons. The van der Waals surface area contributed by atoms with Gasteiger partial charge in [-0.2, -0.15) is 0 Å². The summed E-state index contributed by atoms with van der Waals surface area (Å²) in [5.74, 6) is 0. The third-order valence-corrected chi connectivity index (χ3v) is 8.87. The van der Waals surface area contributed by atoms with E-state index in [1.165, 1.54) is 0 Å². The van der Waals surface area contributed by atoms with Crippen molar-refractivity contribution in [2.75, 3.05) is 4.90 Å². The van der Waals surface area contributed by atoms with Gasteiger partial charge in [-0.25, -0.2) is 0 Å². The highest BCUT2D eigenvalue weighted by atomic mass is 15.1. The maximum absolute atomic E-state index is 9.59. The molecule has 210 valence electrons. The first kappa shape index (κ1) is 21.7. The first-order chi connectivity index (χ1) is 24.0. The van der Waals surface area contributed by atoms with Crippen molar-refractivity contribution in [1.82, 2.24) is 0 Å². The van der Waals surface area contributed by atoms with E-state index in [0.717, 1.165) is 65.2 Å². The summed E-state index contributed by atoms with van der Waals surface area (Å²) in [6.45, 7) is 0. The van der Waals surface area contributed by atoms with Crippen LogP contribution in [0, 0.1) is 0 Å². The molecule has 0 atom stereocenters. The van der Waals surface area contributed by atoms with Crippen LogP contribution in [-0.4, -0.2) is 0 Å². The summed E-state index contributed by atoms with van der Waals surface area (Å²) in [6.07, 6.45) is 0. The van der Waals surface area contributed by atoms with Gasteiger partial charge in [-0.15, -0.1) is 0 Å². The lowest BCUT2D eigenvalue weighted by Crippen LogP contribution is -2.11. The summed E-state index contributed by atoms with van der Waals surface area (Å²) in [6, 6.07) is 50.6. The van der Waals surface area contributed by atoms with E-state index in [1.54, 1.807) is 0 Å². The van der Waals surface area contributed by atoms with Crippen molar-refractivity contribution in [3.8, 4) is 11.1 Å². The Kier molecular flexibility index (Phi) is 5.00. The van der Waals surface area contributed by atoms with Crippen molar-refractivity contribution in [3.63, 3.8) is 0 Å². The van der Waals surface area contributed by atoms with Gasteiger partial charge in [0.05, 0.1) is 16.9 Å². The lowest BCUT2D eigenvalue weighted by molar-refractivity contribution is 1.32. The Bertz CT molecular complexity index is 2750. The average Bonchev–Trinajstić information content (AvgIpc) is 3.15. The summed E-state index contributed by atoms with van der Waals surface area (Å²) in [5.41, 5.74) is 2.72. The predicted molar refractivity (Wildman–Crippen MR) is 194 cm³/mol. The number of hydrogen-bond donors (Lipinski definition) is 0. The molecular weight excluding hydrogens is 542 g/mol. The fourth-order valence-corrected chi connectivity index (χ4v) is 6.71. The zero-order valence-corrected chi connectivity index (χ0v) is 24.4.